The molecule has 0 radical (unpaired) electrons. The van der Waals surface area contributed by atoms with Crippen LogP contribution in [0.25, 0.3) is 0 Å². The average Bonchev–Trinajstić information content (AvgIpc) is 2.99. The number of hydrogen-bond acceptors (Lipinski definition) is 6. The van der Waals surface area contributed by atoms with Crippen molar-refractivity contribution in [3.8, 4) is 24.0 Å². The van der Waals surface area contributed by atoms with Crippen molar-refractivity contribution in [2.45, 2.75) is 6.61 Å². The third kappa shape index (κ3) is 3.88. The molecule has 0 aliphatic rings. The van der Waals surface area contributed by atoms with Crippen molar-refractivity contribution >= 4 is 5.69 Å². The Morgan fingerprint density at radius 3 is 2.58 bits per heavy atom. The number of anilines is 1. The van der Waals surface area contributed by atoms with Crippen LogP contribution in [0.4, 0.5) is 10.1 Å². The zero-order chi connectivity index (χ0) is 17.5. The summed E-state index contributed by atoms with van der Waals surface area (Å²) in [5.41, 5.74) is 0.106. The van der Waals surface area contributed by atoms with Gasteiger partial charge in [0.2, 0.25) is 0 Å². The van der Waals surface area contributed by atoms with Gasteiger partial charge in [-0.15, -0.1) is 0 Å². The predicted octanol–water partition coefficient (Wildman–Crippen LogP) is 2.37. The van der Waals surface area contributed by atoms with Crippen molar-refractivity contribution in [1.29, 1.82) is 15.8 Å². The molecule has 1 heterocycles. The molecular formula is C16H11FN6O. The van der Waals surface area contributed by atoms with Gasteiger partial charge >= 0.3 is 0 Å². The van der Waals surface area contributed by atoms with Gasteiger partial charge in [0.25, 0.3) is 0 Å². The molecule has 1 N–H and O–H groups in total. The van der Waals surface area contributed by atoms with Crippen LogP contribution in [0.1, 0.15) is 5.69 Å². The standard InChI is InChI=1S/C16H11FN6O/c1-23-5-4-13(22-23)10-24-16-3-2-12(17)6-14(16)21-15(9-20)11(7-18)8-19/h2-6,21H,10H2,1H3. The lowest BCUT2D eigenvalue weighted by molar-refractivity contribution is 0.301. The number of aromatic nitrogens is 2. The van der Waals surface area contributed by atoms with Crippen molar-refractivity contribution in [2.24, 2.45) is 7.05 Å². The molecule has 7 nitrogen and oxygen atoms in total. The first kappa shape index (κ1) is 16.5. The molecule has 24 heavy (non-hydrogen) atoms. The summed E-state index contributed by atoms with van der Waals surface area (Å²) in [6, 6.07) is 10.4. The molecule has 0 spiro atoms. The maximum absolute atomic E-state index is 13.5. The number of nitrogens with zero attached hydrogens (tertiary/aromatic N) is 5. The normalized spacial score (nSPS) is 9.29. The van der Waals surface area contributed by atoms with E-state index in [1.54, 1.807) is 42.2 Å². The second kappa shape index (κ2) is 7.44. The molecule has 0 bridgehead atoms. The van der Waals surface area contributed by atoms with Gasteiger partial charge in [-0.25, -0.2) is 4.39 Å². The Morgan fingerprint density at radius 1 is 1.25 bits per heavy atom. The number of ether oxygens (including phenoxy) is 1. The minimum atomic E-state index is -0.560. The zero-order valence-electron chi connectivity index (χ0n) is 12.6. The number of benzene rings is 1. The van der Waals surface area contributed by atoms with Gasteiger partial charge in [-0.2, -0.15) is 20.9 Å². The third-order valence-corrected chi connectivity index (χ3v) is 2.93. The first-order valence-corrected chi connectivity index (χ1v) is 6.70. The molecule has 2 rings (SSSR count). The molecular weight excluding hydrogens is 311 g/mol. The summed E-state index contributed by atoms with van der Waals surface area (Å²) < 4.78 is 20.7. The molecule has 2 aromatic rings. The molecule has 0 fully saturated rings. The summed E-state index contributed by atoms with van der Waals surface area (Å²) in [6.07, 6.45) is 1.76. The van der Waals surface area contributed by atoms with E-state index in [0.29, 0.717) is 5.69 Å². The Balaban J connectivity index is 2.28. The maximum atomic E-state index is 13.5. The second-order valence-electron chi connectivity index (χ2n) is 4.62. The van der Waals surface area contributed by atoms with E-state index >= 15 is 0 Å². The van der Waals surface area contributed by atoms with E-state index in [9.17, 15) is 4.39 Å². The van der Waals surface area contributed by atoms with Crippen LogP contribution < -0.4 is 10.1 Å². The molecule has 118 valence electrons. The molecule has 0 saturated heterocycles. The summed E-state index contributed by atoms with van der Waals surface area (Å²) >= 11 is 0. The molecule has 1 aromatic carbocycles. The highest BCUT2D eigenvalue weighted by molar-refractivity contribution is 5.64. The maximum Gasteiger partial charge on any atom is 0.163 e. The first-order valence-electron chi connectivity index (χ1n) is 6.70. The Morgan fingerprint density at radius 2 is 2.00 bits per heavy atom. The van der Waals surface area contributed by atoms with E-state index in [4.69, 9.17) is 20.5 Å². The fourth-order valence-electron chi connectivity index (χ4n) is 1.84. The number of halogens is 1. The molecule has 0 aliphatic carbocycles. The molecule has 1 aromatic heterocycles. The SMILES string of the molecule is Cn1ccc(COc2ccc(F)cc2NC(C#N)=C(C#N)C#N)n1. The van der Waals surface area contributed by atoms with E-state index in [1.807, 2.05) is 0 Å². The Labute approximate surface area is 137 Å². The molecule has 8 heteroatoms. The summed E-state index contributed by atoms with van der Waals surface area (Å²) in [6.45, 7) is 0.135. The van der Waals surface area contributed by atoms with Crippen molar-refractivity contribution in [3.05, 3.63) is 53.2 Å². The van der Waals surface area contributed by atoms with Gasteiger partial charge in [0.05, 0.1) is 11.4 Å². The first-order chi connectivity index (χ1) is 11.6. The summed E-state index contributed by atoms with van der Waals surface area (Å²) in [5.74, 6) is -0.305. The quantitative estimate of drug-likeness (QED) is 0.846. The van der Waals surface area contributed by atoms with Crippen LogP contribution in [0.2, 0.25) is 0 Å². The van der Waals surface area contributed by atoms with Crippen LogP contribution in [0, 0.1) is 39.8 Å². The average molecular weight is 322 g/mol. The monoisotopic (exact) mass is 322 g/mol. The lowest BCUT2D eigenvalue weighted by Gasteiger charge is -2.12. The number of nitrogens with one attached hydrogen (secondary N) is 1. The van der Waals surface area contributed by atoms with Crippen LogP contribution in [0.5, 0.6) is 5.75 Å². The van der Waals surface area contributed by atoms with Gasteiger partial charge in [0, 0.05) is 19.3 Å². The van der Waals surface area contributed by atoms with Gasteiger partial charge < -0.3 is 10.1 Å². The van der Waals surface area contributed by atoms with Gasteiger partial charge in [-0.3, -0.25) is 4.68 Å². The van der Waals surface area contributed by atoms with E-state index < -0.39 is 11.4 Å². The van der Waals surface area contributed by atoms with Crippen LogP contribution in [0.3, 0.4) is 0 Å². The van der Waals surface area contributed by atoms with Gasteiger partial charge in [0.1, 0.15) is 42.1 Å². The van der Waals surface area contributed by atoms with E-state index in [0.717, 1.165) is 6.07 Å². The number of nitriles is 3. The Kier molecular flexibility index (Phi) is 5.13. The summed E-state index contributed by atoms with van der Waals surface area (Å²) in [7, 11) is 1.77. The predicted molar refractivity (Wildman–Crippen MR) is 81.4 cm³/mol. The molecule has 0 aliphatic heterocycles. The molecule has 0 saturated carbocycles. The highest BCUT2D eigenvalue weighted by Crippen LogP contribution is 2.28. The second-order valence-corrected chi connectivity index (χ2v) is 4.62. The van der Waals surface area contributed by atoms with Crippen molar-refractivity contribution < 1.29 is 9.13 Å². The van der Waals surface area contributed by atoms with Gasteiger partial charge in [0.15, 0.2) is 5.57 Å². The van der Waals surface area contributed by atoms with Crippen LogP contribution in [-0.2, 0) is 13.7 Å². The molecule has 0 unspecified atom stereocenters. The summed E-state index contributed by atoms with van der Waals surface area (Å²) in [4.78, 5) is 0. The molecule has 0 atom stereocenters. The minimum absolute atomic E-state index is 0.130. The van der Waals surface area contributed by atoms with E-state index in [2.05, 4.69) is 10.4 Å². The Bertz CT molecular complexity index is 894. The van der Waals surface area contributed by atoms with Crippen molar-refractivity contribution in [2.75, 3.05) is 5.32 Å². The van der Waals surface area contributed by atoms with Crippen LogP contribution in [-0.4, -0.2) is 9.78 Å². The zero-order valence-corrected chi connectivity index (χ0v) is 12.6. The van der Waals surface area contributed by atoms with Crippen molar-refractivity contribution in [3.63, 3.8) is 0 Å². The minimum Gasteiger partial charge on any atom is -0.485 e. The molecule has 0 amide bonds. The van der Waals surface area contributed by atoms with E-state index in [-0.39, 0.29) is 23.7 Å². The number of allylic oxidation sites excluding steroid dienone is 2. The number of hydrogen-bond donors (Lipinski definition) is 1. The Hall–Kier alpha value is -3.83. The highest BCUT2D eigenvalue weighted by atomic mass is 19.1. The van der Waals surface area contributed by atoms with Crippen LogP contribution in [0.15, 0.2) is 41.7 Å². The van der Waals surface area contributed by atoms with Gasteiger partial charge in [-0.1, -0.05) is 0 Å². The van der Waals surface area contributed by atoms with E-state index in [1.165, 1.54) is 12.1 Å². The van der Waals surface area contributed by atoms with Crippen molar-refractivity contribution in [1.82, 2.24) is 9.78 Å². The number of rotatable bonds is 5. The lowest BCUT2D eigenvalue weighted by atomic mass is 10.2. The highest BCUT2D eigenvalue weighted by Gasteiger charge is 2.12. The summed E-state index contributed by atoms with van der Waals surface area (Å²) in [5, 5.41) is 33.5. The fraction of sp³-hybridized carbons (Fsp3) is 0.125. The van der Waals surface area contributed by atoms with Gasteiger partial charge in [-0.05, 0) is 18.2 Å². The smallest absolute Gasteiger partial charge is 0.163 e. The fourth-order valence-corrected chi connectivity index (χ4v) is 1.84. The van der Waals surface area contributed by atoms with Crippen LogP contribution >= 0.6 is 0 Å². The number of aryl methyl sites for hydroxylation is 1. The topological polar surface area (TPSA) is 110 Å². The third-order valence-electron chi connectivity index (χ3n) is 2.93. The lowest BCUT2D eigenvalue weighted by Crippen LogP contribution is -2.05. The largest absolute Gasteiger partial charge is 0.485 e.